The number of aromatic nitrogens is 2. The van der Waals surface area contributed by atoms with Crippen molar-refractivity contribution < 1.29 is 23.8 Å². The maximum absolute atomic E-state index is 13.5. The van der Waals surface area contributed by atoms with Crippen LogP contribution in [0.2, 0.25) is 5.02 Å². The molecule has 2 heterocycles. The number of nitrogens with zero attached hydrogens (tertiary/aromatic N) is 3. The number of likely N-dealkylation sites (tertiary alicyclic amines) is 1. The number of hydrogen-bond donors (Lipinski definition) is 3. The monoisotopic (exact) mass is 531 g/mol. The van der Waals surface area contributed by atoms with E-state index in [0.717, 1.165) is 5.56 Å². The molecule has 3 aromatic rings. The fourth-order valence-electron chi connectivity index (χ4n) is 4.33. The third-order valence-corrected chi connectivity index (χ3v) is 6.45. The SMILES string of the molecule is COCCN1C[C@@H](NC(=O)Nc2c(Cl)c(OCC(C)O)nn2-c2ccccc2)[C@H](c2ccc(F)cc2)C1. The lowest BCUT2D eigenvalue weighted by Crippen LogP contribution is -2.42. The van der Waals surface area contributed by atoms with E-state index < -0.39 is 12.1 Å². The van der Waals surface area contributed by atoms with Gasteiger partial charge in [0.05, 0.1) is 24.4 Å². The Morgan fingerprint density at radius 1 is 1.22 bits per heavy atom. The first-order chi connectivity index (χ1) is 17.9. The fourth-order valence-corrected chi connectivity index (χ4v) is 4.55. The van der Waals surface area contributed by atoms with Crippen molar-refractivity contribution in [3.8, 4) is 11.6 Å². The summed E-state index contributed by atoms with van der Waals surface area (Å²) in [5.74, 6) is -0.0173. The molecule has 1 aliphatic heterocycles. The van der Waals surface area contributed by atoms with Crippen molar-refractivity contribution in [3.05, 3.63) is 71.0 Å². The quantitative estimate of drug-likeness (QED) is 0.369. The number of carbonyl (C=O) groups is 1. The second-order valence-electron chi connectivity index (χ2n) is 8.99. The van der Waals surface area contributed by atoms with Crippen molar-refractivity contribution >= 4 is 23.4 Å². The number of aliphatic hydroxyl groups excluding tert-OH is 1. The molecule has 0 spiro atoms. The highest BCUT2D eigenvalue weighted by molar-refractivity contribution is 6.34. The molecule has 2 aromatic carbocycles. The summed E-state index contributed by atoms with van der Waals surface area (Å²) in [5.41, 5.74) is 1.61. The van der Waals surface area contributed by atoms with Crippen LogP contribution in [-0.4, -0.2) is 77.9 Å². The average Bonchev–Trinajstić information content (AvgIpc) is 3.43. The Morgan fingerprint density at radius 2 is 1.95 bits per heavy atom. The molecule has 4 rings (SSSR count). The second kappa shape index (κ2) is 12.4. The molecular weight excluding hydrogens is 501 g/mol. The Kier molecular flexibility index (Phi) is 8.99. The summed E-state index contributed by atoms with van der Waals surface area (Å²) in [5, 5.41) is 20.0. The summed E-state index contributed by atoms with van der Waals surface area (Å²) in [6.45, 7) is 4.16. The number of hydrogen-bond acceptors (Lipinski definition) is 6. The van der Waals surface area contributed by atoms with Crippen LogP contribution in [0.5, 0.6) is 5.88 Å². The molecule has 3 atom stereocenters. The topological polar surface area (TPSA) is 101 Å². The first-order valence-corrected chi connectivity index (χ1v) is 12.4. The average molecular weight is 532 g/mol. The van der Waals surface area contributed by atoms with E-state index in [-0.39, 0.29) is 41.1 Å². The largest absolute Gasteiger partial charge is 0.473 e. The van der Waals surface area contributed by atoms with E-state index in [2.05, 4.69) is 20.6 Å². The highest BCUT2D eigenvalue weighted by Crippen LogP contribution is 2.34. The number of rotatable bonds is 10. The lowest BCUT2D eigenvalue weighted by Gasteiger charge is -2.21. The minimum atomic E-state index is -0.718. The standard InChI is InChI=1S/C26H31ClFN5O4/c1-17(34)16-37-25-23(27)24(33(31-25)20-6-4-3-5-7-20)30-26(35)29-22-15-32(12-13-36-2)14-21(22)18-8-10-19(28)11-9-18/h3-11,17,21-22,34H,12-16H2,1-2H3,(H2,29,30,35)/t17?,21-,22+/m0/s1. The van der Waals surface area contributed by atoms with Crippen LogP contribution >= 0.6 is 11.6 Å². The molecule has 0 bridgehead atoms. The predicted octanol–water partition coefficient (Wildman–Crippen LogP) is 3.66. The Hall–Kier alpha value is -3.18. The highest BCUT2D eigenvalue weighted by atomic mass is 35.5. The molecule has 9 nitrogen and oxygen atoms in total. The molecule has 0 saturated carbocycles. The number of benzene rings is 2. The zero-order valence-corrected chi connectivity index (χ0v) is 21.5. The van der Waals surface area contributed by atoms with Gasteiger partial charge in [0, 0.05) is 32.7 Å². The number of nitrogens with one attached hydrogen (secondary N) is 2. The van der Waals surface area contributed by atoms with Gasteiger partial charge in [-0.2, -0.15) is 0 Å². The van der Waals surface area contributed by atoms with Gasteiger partial charge in [0.1, 0.15) is 17.4 Å². The normalized spacial score (nSPS) is 18.5. The molecule has 11 heteroatoms. The summed E-state index contributed by atoms with van der Waals surface area (Å²) in [6, 6.07) is 14.8. The van der Waals surface area contributed by atoms with E-state index in [4.69, 9.17) is 21.1 Å². The van der Waals surface area contributed by atoms with Gasteiger partial charge in [0.25, 0.3) is 5.88 Å². The van der Waals surface area contributed by atoms with Crippen molar-refractivity contribution in [2.24, 2.45) is 0 Å². The minimum absolute atomic E-state index is 0.00407. The molecule has 1 saturated heterocycles. The van der Waals surface area contributed by atoms with E-state index in [9.17, 15) is 14.3 Å². The summed E-state index contributed by atoms with van der Waals surface area (Å²) in [4.78, 5) is 15.4. The van der Waals surface area contributed by atoms with Crippen LogP contribution in [0, 0.1) is 5.82 Å². The lowest BCUT2D eigenvalue weighted by molar-refractivity contribution is 0.119. The molecule has 2 amide bonds. The maximum Gasteiger partial charge on any atom is 0.320 e. The van der Waals surface area contributed by atoms with Gasteiger partial charge in [-0.3, -0.25) is 10.2 Å². The van der Waals surface area contributed by atoms with E-state index in [0.29, 0.717) is 31.9 Å². The molecule has 198 valence electrons. The van der Waals surface area contributed by atoms with Crippen molar-refractivity contribution in [3.63, 3.8) is 0 Å². The van der Waals surface area contributed by atoms with Gasteiger partial charge >= 0.3 is 6.03 Å². The Morgan fingerprint density at radius 3 is 2.62 bits per heavy atom. The van der Waals surface area contributed by atoms with Crippen LogP contribution in [0.15, 0.2) is 54.6 Å². The third-order valence-electron chi connectivity index (χ3n) is 6.11. The van der Waals surface area contributed by atoms with Gasteiger partial charge < -0.3 is 19.9 Å². The van der Waals surface area contributed by atoms with Crippen LogP contribution < -0.4 is 15.4 Å². The Bertz CT molecular complexity index is 1180. The van der Waals surface area contributed by atoms with Gasteiger partial charge in [0.15, 0.2) is 5.82 Å². The maximum atomic E-state index is 13.5. The van der Waals surface area contributed by atoms with Gasteiger partial charge in [-0.25, -0.2) is 13.9 Å². The number of para-hydroxylation sites is 1. The fraction of sp³-hybridized carbons (Fsp3) is 0.385. The predicted molar refractivity (Wildman–Crippen MR) is 139 cm³/mol. The zero-order chi connectivity index (χ0) is 26.4. The lowest BCUT2D eigenvalue weighted by atomic mass is 9.94. The Labute approximate surface area is 220 Å². The molecule has 1 unspecified atom stereocenters. The summed E-state index contributed by atoms with van der Waals surface area (Å²) in [7, 11) is 1.65. The van der Waals surface area contributed by atoms with E-state index >= 15 is 0 Å². The highest BCUT2D eigenvalue weighted by Gasteiger charge is 2.35. The molecule has 0 aliphatic carbocycles. The van der Waals surface area contributed by atoms with Crippen LogP contribution in [-0.2, 0) is 4.74 Å². The number of anilines is 1. The first kappa shape index (κ1) is 26.9. The number of aliphatic hydroxyl groups is 1. The van der Waals surface area contributed by atoms with Crippen LogP contribution in [0.4, 0.5) is 15.0 Å². The minimum Gasteiger partial charge on any atom is -0.473 e. The molecule has 1 aromatic heterocycles. The van der Waals surface area contributed by atoms with Crippen molar-refractivity contribution in [1.82, 2.24) is 20.0 Å². The van der Waals surface area contributed by atoms with Crippen LogP contribution in [0.25, 0.3) is 5.69 Å². The molecular formula is C26H31ClFN5O4. The Balaban J connectivity index is 1.55. The van der Waals surface area contributed by atoms with E-state index in [1.807, 2.05) is 30.3 Å². The smallest absolute Gasteiger partial charge is 0.320 e. The summed E-state index contributed by atoms with van der Waals surface area (Å²) < 4.78 is 25.8. The number of carbonyl (C=O) groups excluding carboxylic acids is 1. The number of urea groups is 1. The summed E-state index contributed by atoms with van der Waals surface area (Å²) >= 11 is 6.55. The zero-order valence-electron chi connectivity index (χ0n) is 20.7. The van der Waals surface area contributed by atoms with Gasteiger partial charge in [-0.15, -0.1) is 5.10 Å². The molecule has 1 aliphatic rings. The van der Waals surface area contributed by atoms with Crippen molar-refractivity contribution in [2.75, 3.05) is 45.3 Å². The van der Waals surface area contributed by atoms with E-state index in [1.54, 1.807) is 26.2 Å². The molecule has 0 radical (unpaired) electrons. The van der Waals surface area contributed by atoms with E-state index in [1.165, 1.54) is 16.8 Å². The van der Waals surface area contributed by atoms with Crippen LogP contribution in [0.3, 0.4) is 0 Å². The molecule has 3 N–H and O–H groups in total. The number of ether oxygens (including phenoxy) is 2. The van der Waals surface area contributed by atoms with Gasteiger partial charge in [0.2, 0.25) is 0 Å². The number of halogens is 2. The van der Waals surface area contributed by atoms with Gasteiger partial charge in [-0.1, -0.05) is 41.9 Å². The second-order valence-corrected chi connectivity index (χ2v) is 9.37. The van der Waals surface area contributed by atoms with Gasteiger partial charge in [-0.05, 0) is 36.8 Å². The first-order valence-electron chi connectivity index (χ1n) is 12.0. The van der Waals surface area contributed by atoms with Crippen LogP contribution in [0.1, 0.15) is 18.4 Å². The summed E-state index contributed by atoms with van der Waals surface area (Å²) in [6.07, 6.45) is -0.718. The molecule has 1 fully saturated rings. The number of amides is 2. The molecule has 37 heavy (non-hydrogen) atoms. The third kappa shape index (κ3) is 6.78. The van der Waals surface area contributed by atoms with Crippen molar-refractivity contribution in [1.29, 1.82) is 0 Å². The van der Waals surface area contributed by atoms with Crippen molar-refractivity contribution in [2.45, 2.75) is 25.0 Å². The number of methoxy groups -OCH3 is 1.